The van der Waals surface area contributed by atoms with Gasteiger partial charge in [0.05, 0.1) is 0 Å². The molecule has 0 radical (unpaired) electrons. The number of carbonyl (C=O) groups is 1. The van der Waals surface area contributed by atoms with E-state index in [-0.39, 0.29) is 5.70 Å². The van der Waals surface area contributed by atoms with Crippen LogP contribution in [0.5, 0.6) is 0 Å². The second-order valence-electron chi connectivity index (χ2n) is 1.76. The Kier molecular flexibility index (Phi) is 1.86. The number of amides is 1. The Morgan fingerprint density at radius 2 is 2.27 bits per heavy atom. The van der Waals surface area contributed by atoms with Crippen molar-refractivity contribution in [2.45, 2.75) is 0 Å². The minimum absolute atomic E-state index is 0.0718. The van der Waals surface area contributed by atoms with E-state index in [2.05, 4.69) is 10.6 Å². The molecular weight excluding hydrogens is 150 g/mol. The Hall–Kier alpha value is -1.85. The Morgan fingerprint density at radius 1 is 1.55 bits per heavy atom. The van der Waals surface area contributed by atoms with Crippen LogP contribution in [0.4, 0.5) is 0 Å². The molecule has 6 heteroatoms. The van der Waals surface area contributed by atoms with Crippen molar-refractivity contribution in [2.24, 2.45) is 0 Å². The number of hydrogen-bond acceptors (Lipinski definition) is 5. The average molecular weight is 155 g/mol. The maximum atomic E-state index is 10.6. The van der Waals surface area contributed by atoms with Gasteiger partial charge in [0.2, 0.25) is 0 Å². The largest absolute Gasteiger partial charge is 0.494 e. The fourth-order valence-electron chi connectivity index (χ4n) is 0.574. The smallest absolute Gasteiger partial charge is 0.364 e. The summed E-state index contributed by atoms with van der Waals surface area (Å²) in [5.41, 5.74) is -0.0718. The van der Waals surface area contributed by atoms with E-state index in [4.69, 9.17) is 0 Å². The van der Waals surface area contributed by atoms with E-state index in [9.17, 15) is 14.9 Å². The van der Waals surface area contributed by atoms with Crippen molar-refractivity contribution in [3.63, 3.8) is 0 Å². The maximum absolute atomic E-state index is 10.6. The Bertz CT molecular complexity index is 256. The molecule has 0 saturated carbocycles. The summed E-state index contributed by atoms with van der Waals surface area (Å²) in [6.45, 7) is 0. The summed E-state index contributed by atoms with van der Waals surface area (Å²) in [5, 5.41) is 14.9. The fraction of sp³-hybridized carbons (Fsp3) is 0. The number of nitrogens with one attached hydrogen (secondary N) is 2. The topological polar surface area (TPSA) is 84.3 Å². The predicted molar refractivity (Wildman–Crippen MR) is 35.5 cm³/mol. The van der Waals surface area contributed by atoms with Gasteiger partial charge >= 0.3 is 5.91 Å². The third kappa shape index (κ3) is 1.54. The quantitative estimate of drug-likeness (QED) is 0.386. The highest BCUT2D eigenvalue weighted by atomic mass is 16.6. The highest BCUT2D eigenvalue weighted by Gasteiger charge is 2.21. The number of rotatable bonds is 1. The van der Waals surface area contributed by atoms with Crippen molar-refractivity contribution in [3.05, 3.63) is 34.4 Å². The van der Waals surface area contributed by atoms with E-state index in [1.165, 1.54) is 18.6 Å². The van der Waals surface area contributed by atoms with Gasteiger partial charge in [0.15, 0.2) is 5.70 Å². The van der Waals surface area contributed by atoms with E-state index < -0.39 is 10.8 Å². The molecule has 0 fully saturated rings. The standard InChI is InChI=1S/C5H5N3O3/c9-5(8(10)11)4-3-6-1-2-7-4/h1-3,6-7H. The molecule has 1 aliphatic heterocycles. The van der Waals surface area contributed by atoms with Gasteiger partial charge in [0.1, 0.15) is 4.92 Å². The van der Waals surface area contributed by atoms with Gasteiger partial charge < -0.3 is 10.6 Å². The zero-order chi connectivity index (χ0) is 8.27. The second kappa shape index (κ2) is 2.82. The number of hydrogen-bond donors (Lipinski definition) is 2. The van der Waals surface area contributed by atoms with Crippen molar-refractivity contribution in [3.8, 4) is 0 Å². The van der Waals surface area contributed by atoms with E-state index in [0.717, 1.165) is 0 Å². The summed E-state index contributed by atoms with van der Waals surface area (Å²) in [6.07, 6.45) is 4.14. The Morgan fingerprint density at radius 3 is 2.73 bits per heavy atom. The van der Waals surface area contributed by atoms with Crippen molar-refractivity contribution in [1.82, 2.24) is 10.6 Å². The fourth-order valence-corrected chi connectivity index (χ4v) is 0.574. The van der Waals surface area contributed by atoms with Crippen LogP contribution in [-0.2, 0) is 4.79 Å². The number of carbonyl (C=O) groups excluding carboxylic acids is 1. The lowest BCUT2D eigenvalue weighted by molar-refractivity contribution is -0.397. The van der Waals surface area contributed by atoms with Crippen molar-refractivity contribution >= 4 is 5.91 Å². The Labute approximate surface area is 61.7 Å². The van der Waals surface area contributed by atoms with Crippen molar-refractivity contribution < 1.29 is 9.72 Å². The second-order valence-corrected chi connectivity index (χ2v) is 1.76. The summed E-state index contributed by atoms with van der Waals surface area (Å²) >= 11 is 0. The first-order valence-electron chi connectivity index (χ1n) is 2.78. The molecule has 0 atom stereocenters. The average Bonchev–Trinajstić information content (AvgIpc) is 2.05. The van der Waals surface area contributed by atoms with Gasteiger partial charge in [-0.1, -0.05) is 0 Å². The molecule has 0 aromatic carbocycles. The Balaban J connectivity index is 2.68. The van der Waals surface area contributed by atoms with Gasteiger partial charge in [-0.2, -0.15) is 0 Å². The van der Waals surface area contributed by atoms with Gasteiger partial charge in [0, 0.05) is 18.6 Å². The molecule has 0 bridgehead atoms. The molecule has 2 N–H and O–H groups in total. The van der Waals surface area contributed by atoms with Gasteiger partial charge in [-0.05, 0) is 0 Å². The molecule has 1 heterocycles. The van der Waals surface area contributed by atoms with E-state index in [1.54, 1.807) is 0 Å². The summed E-state index contributed by atoms with van der Waals surface area (Å²) in [7, 11) is 0. The van der Waals surface area contributed by atoms with E-state index in [1.807, 2.05) is 0 Å². The minimum atomic E-state index is -1.15. The lowest BCUT2D eigenvalue weighted by atomic mass is 10.4. The first kappa shape index (κ1) is 7.26. The molecule has 1 rings (SSSR count). The van der Waals surface area contributed by atoms with Crippen LogP contribution in [0.25, 0.3) is 0 Å². The van der Waals surface area contributed by atoms with E-state index in [0.29, 0.717) is 0 Å². The monoisotopic (exact) mass is 155 g/mol. The predicted octanol–water partition coefficient (Wildman–Crippen LogP) is -0.705. The zero-order valence-electron chi connectivity index (χ0n) is 5.40. The van der Waals surface area contributed by atoms with Crippen LogP contribution in [-0.4, -0.2) is 10.8 Å². The number of nitro groups is 1. The maximum Gasteiger partial charge on any atom is 0.494 e. The first-order chi connectivity index (χ1) is 5.22. The molecule has 11 heavy (non-hydrogen) atoms. The van der Waals surface area contributed by atoms with Gasteiger partial charge in [-0.25, -0.2) is 4.79 Å². The molecule has 1 amide bonds. The SMILES string of the molecule is O=C(C1=CNC=CN1)[N+](=O)[O-]. The van der Waals surface area contributed by atoms with Gasteiger partial charge in [0.25, 0.3) is 0 Å². The van der Waals surface area contributed by atoms with Gasteiger partial charge in [-0.3, -0.25) is 10.1 Å². The molecular formula is C5H5N3O3. The van der Waals surface area contributed by atoms with Crippen molar-refractivity contribution in [1.29, 1.82) is 0 Å². The zero-order valence-corrected chi connectivity index (χ0v) is 5.40. The van der Waals surface area contributed by atoms with Crippen LogP contribution < -0.4 is 10.6 Å². The summed E-state index contributed by atoms with van der Waals surface area (Å²) in [6, 6.07) is 0. The van der Waals surface area contributed by atoms with Crippen LogP contribution in [0.1, 0.15) is 0 Å². The van der Waals surface area contributed by atoms with E-state index >= 15 is 0 Å². The lowest BCUT2D eigenvalue weighted by Gasteiger charge is -2.04. The third-order valence-electron chi connectivity index (χ3n) is 1.04. The normalized spacial score (nSPS) is 14.4. The summed E-state index contributed by atoms with van der Waals surface area (Å²) in [5.74, 6) is -1.15. The van der Waals surface area contributed by atoms with Crippen LogP contribution >= 0.6 is 0 Å². The molecule has 1 aliphatic rings. The highest BCUT2D eigenvalue weighted by Crippen LogP contribution is 1.93. The van der Waals surface area contributed by atoms with Crippen molar-refractivity contribution in [2.75, 3.05) is 0 Å². The van der Waals surface area contributed by atoms with Crippen LogP contribution in [0.2, 0.25) is 0 Å². The molecule has 6 nitrogen and oxygen atoms in total. The molecule has 0 saturated heterocycles. The lowest BCUT2D eigenvalue weighted by Crippen LogP contribution is -2.26. The number of nitrogens with zero attached hydrogens (tertiary/aromatic N) is 1. The summed E-state index contributed by atoms with van der Waals surface area (Å²) in [4.78, 5) is 19.5. The summed E-state index contributed by atoms with van der Waals surface area (Å²) < 4.78 is 0. The van der Waals surface area contributed by atoms with Crippen LogP contribution in [0.3, 0.4) is 0 Å². The van der Waals surface area contributed by atoms with Crippen LogP contribution in [0, 0.1) is 10.1 Å². The highest BCUT2D eigenvalue weighted by molar-refractivity contribution is 5.86. The molecule has 58 valence electrons. The molecule has 0 spiro atoms. The molecule has 0 aromatic rings. The molecule has 0 unspecified atom stereocenters. The molecule has 0 aliphatic carbocycles. The third-order valence-corrected chi connectivity index (χ3v) is 1.04. The van der Waals surface area contributed by atoms with Crippen LogP contribution in [0.15, 0.2) is 24.3 Å². The van der Waals surface area contributed by atoms with Gasteiger partial charge in [-0.15, -0.1) is 0 Å². The minimum Gasteiger partial charge on any atom is -0.364 e. The molecule has 0 aromatic heterocycles. The first-order valence-corrected chi connectivity index (χ1v) is 2.78.